The molecule has 48 heavy (non-hydrogen) atoms. The first kappa shape index (κ1) is 36.5. The quantitative estimate of drug-likeness (QED) is 0.139. The maximum atomic E-state index is 14.5. The van der Waals surface area contributed by atoms with Crippen LogP contribution in [0.25, 0.3) is 0 Å². The molecule has 12 heteroatoms. The van der Waals surface area contributed by atoms with Crippen LogP contribution in [0, 0.1) is 6.92 Å². The summed E-state index contributed by atoms with van der Waals surface area (Å²) in [6, 6.07) is 24.6. The standard InChI is InChI=1S/C36H37ClF3N3O4S/c1-3-4-20-41-35(45)33(22-27-13-7-5-8-14-27)42(24-28-15-11-12-26(2)21-28)34(44)25-43(48(46,47)30-16-9-6-10-17-30)32-23-29(36(38,39)40)18-19-31(32)37/h5-19,21,23,33H,3-4,20,22,24-25H2,1-2H3,(H,41,45). The summed E-state index contributed by atoms with van der Waals surface area (Å²) in [5.74, 6) is -1.25. The minimum atomic E-state index is -4.82. The van der Waals surface area contributed by atoms with Gasteiger partial charge in [-0.2, -0.15) is 13.2 Å². The van der Waals surface area contributed by atoms with E-state index in [0.717, 1.165) is 29.7 Å². The van der Waals surface area contributed by atoms with Crippen molar-refractivity contribution in [3.8, 4) is 0 Å². The number of halogens is 4. The van der Waals surface area contributed by atoms with Crippen LogP contribution in [0.5, 0.6) is 0 Å². The molecule has 0 spiro atoms. The van der Waals surface area contributed by atoms with Crippen LogP contribution < -0.4 is 9.62 Å². The fraction of sp³-hybridized carbons (Fsp3) is 0.278. The summed E-state index contributed by atoms with van der Waals surface area (Å²) in [7, 11) is -4.64. The number of benzene rings is 4. The van der Waals surface area contributed by atoms with Crippen LogP contribution in [-0.2, 0) is 38.8 Å². The molecule has 0 aliphatic rings. The molecule has 4 rings (SSSR count). The zero-order chi connectivity index (χ0) is 34.9. The third-order valence-electron chi connectivity index (χ3n) is 7.69. The SMILES string of the molecule is CCCCNC(=O)C(Cc1ccccc1)N(Cc1cccc(C)c1)C(=O)CN(c1cc(C(F)(F)F)ccc1Cl)S(=O)(=O)c1ccccc1. The summed E-state index contributed by atoms with van der Waals surface area (Å²) in [4.78, 5) is 29.4. The maximum absolute atomic E-state index is 14.5. The van der Waals surface area contributed by atoms with Crippen LogP contribution in [0.2, 0.25) is 5.02 Å². The smallest absolute Gasteiger partial charge is 0.354 e. The highest BCUT2D eigenvalue weighted by Crippen LogP contribution is 2.37. The Morgan fingerprint density at radius 2 is 1.52 bits per heavy atom. The molecule has 0 aliphatic heterocycles. The highest BCUT2D eigenvalue weighted by Gasteiger charge is 2.37. The van der Waals surface area contributed by atoms with E-state index in [1.807, 2.05) is 44.2 Å². The number of carbonyl (C=O) groups is 2. The summed E-state index contributed by atoms with van der Waals surface area (Å²) in [5.41, 5.74) is 0.667. The molecular formula is C36H37ClF3N3O4S. The van der Waals surface area contributed by atoms with Gasteiger partial charge < -0.3 is 10.2 Å². The largest absolute Gasteiger partial charge is 0.416 e. The number of carbonyl (C=O) groups excluding carboxylic acids is 2. The zero-order valence-corrected chi connectivity index (χ0v) is 28.2. The first-order chi connectivity index (χ1) is 22.8. The Labute approximate surface area is 284 Å². The normalized spacial score (nSPS) is 12.3. The molecule has 0 radical (unpaired) electrons. The molecule has 2 amide bonds. The fourth-order valence-corrected chi connectivity index (χ4v) is 6.90. The Morgan fingerprint density at radius 1 is 0.875 bits per heavy atom. The number of anilines is 1. The van der Waals surface area contributed by atoms with E-state index in [0.29, 0.717) is 28.9 Å². The van der Waals surface area contributed by atoms with Crippen molar-refractivity contribution < 1.29 is 31.2 Å². The second kappa shape index (κ2) is 16.2. The number of rotatable bonds is 14. The van der Waals surface area contributed by atoms with Crippen LogP contribution in [0.4, 0.5) is 18.9 Å². The van der Waals surface area contributed by atoms with Crippen LogP contribution in [-0.4, -0.2) is 44.3 Å². The minimum Gasteiger partial charge on any atom is -0.354 e. The van der Waals surface area contributed by atoms with Gasteiger partial charge in [0, 0.05) is 19.5 Å². The summed E-state index contributed by atoms with van der Waals surface area (Å²) in [6.07, 6.45) is -3.20. The molecule has 4 aromatic rings. The number of amides is 2. The minimum absolute atomic E-state index is 0.0746. The molecule has 0 bridgehead atoms. The van der Waals surface area contributed by atoms with Gasteiger partial charge in [-0.15, -0.1) is 0 Å². The highest BCUT2D eigenvalue weighted by molar-refractivity contribution is 7.92. The molecule has 0 fully saturated rings. The van der Waals surface area contributed by atoms with E-state index in [9.17, 15) is 31.2 Å². The van der Waals surface area contributed by atoms with Crippen molar-refractivity contribution in [3.63, 3.8) is 0 Å². The van der Waals surface area contributed by atoms with Crippen LogP contribution in [0.1, 0.15) is 42.0 Å². The number of alkyl halides is 3. The third-order valence-corrected chi connectivity index (χ3v) is 9.78. The Balaban J connectivity index is 1.85. The molecule has 1 N–H and O–H groups in total. The Kier molecular flexibility index (Phi) is 12.3. The molecule has 254 valence electrons. The van der Waals surface area contributed by atoms with Crippen molar-refractivity contribution in [2.24, 2.45) is 0 Å². The van der Waals surface area contributed by atoms with Gasteiger partial charge in [-0.25, -0.2) is 8.42 Å². The number of hydrogen-bond donors (Lipinski definition) is 1. The van der Waals surface area contributed by atoms with E-state index in [2.05, 4.69) is 5.32 Å². The lowest BCUT2D eigenvalue weighted by molar-refractivity contribution is -0.140. The number of nitrogens with zero attached hydrogens (tertiary/aromatic N) is 2. The summed E-state index contributed by atoms with van der Waals surface area (Å²) in [6.45, 7) is 3.20. The highest BCUT2D eigenvalue weighted by atomic mass is 35.5. The maximum Gasteiger partial charge on any atom is 0.416 e. The van der Waals surface area contributed by atoms with E-state index in [4.69, 9.17) is 11.6 Å². The van der Waals surface area contributed by atoms with Crippen molar-refractivity contribution >= 4 is 39.1 Å². The number of aryl methyl sites for hydroxylation is 1. The van der Waals surface area contributed by atoms with E-state index in [1.54, 1.807) is 30.3 Å². The summed E-state index contributed by atoms with van der Waals surface area (Å²) < 4.78 is 70.3. The average molecular weight is 700 g/mol. The van der Waals surface area contributed by atoms with Gasteiger partial charge in [0.15, 0.2) is 0 Å². The molecule has 4 aromatic carbocycles. The Bertz CT molecular complexity index is 1810. The second-order valence-corrected chi connectivity index (χ2v) is 13.6. The molecule has 0 aromatic heterocycles. The van der Waals surface area contributed by atoms with Gasteiger partial charge in [0.05, 0.1) is 21.2 Å². The first-order valence-corrected chi connectivity index (χ1v) is 17.2. The van der Waals surface area contributed by atoms with Gasteiger partial charge in [-0.1, -0.05) is 103 Å². The zero-order valence-electron chi connectivity index (χ0n) is 26.6. The topological polar surface area (TPSA) is 86.8 Å². The van der Waals surface area contributed by atoms with Crippen LogP contribution in [0.3, 0.4) is 0 Å². The molecule has 0 saturated heterocycles. The van der Waals surface area contributed by atoms with E-state index >= 15 is 0 Å². The third kappa shape index (κ3) is 9.38. The predicted octanol–water partition coefficient (Wildman–Crippen LogP) is 7.42. The lowest BCUT2D eigenvalue weighted by Crippen LogP contribution is -2.53. The molecule has 0 heterocycles. The van der Waals surface area contributed by atoms with Gasteiger partial charge in [-0.3, -0.25) is 13.9 Å². The summed E-state index contributed by atoms with van der Waals surface area (Å²) in [5, 5.41) is 2.59. The molecule has 1 unspecified atom stereocenters. The number of hydrogen-bond acceptors (Lipinski definition) is 4. The first-order valence-electron chi connectivity index (χ1n) is 15.4. The van der Waals surface area contributed by atoms with Gasteiger partial charge in [0.2, 0.25) is 11.8 Å². The lowest BCUT2D eigenvalue weighted by Gasteiger charge is -2.34. The van der Waals surface area contributed by atoms with E-state index in [1.165, 1.54) is 29.2 Å². The van der Waals surface area contributed by atoms with E-state index < -0.39 is 51.9 Å². The fourth-order valence-electron chi connectivity index (χ4n) is 5.18. The van der Waals surface area contributed by atoms with Crippen molar-refractivity contribution in [3.05, 3.63) is 130 Å². The van der Waals surface area contributed by atoms with Crippen molar-refractivity contribution in [1.29, 1.82) is 0 Å². The Morgan fingerprint density at radius 3 is 2.15 bits per heavy atom. The Hall–Kier alpha value is -4.35. The van der Waals surface area contributed by atoms with Crippen LogP contribution >= 0.6 is 11.6 Å². The lowest BCUT2D eigenvalue weighted by atomic mass is 10.0. The van der Waals surface area contributed by atoms with E-state index in [-0.39, 0.29) is 22.9 Å². The predicted molar refractivity (Wildman–Crippen MR) is 181 cm³/mol. The molecule has 1 atom stereocenters. The molecule has 0 aliphatic carbocycles. The molecule has 7 nitrogen and oxygen atoms in total. The van der Waals surface area contributed by atoms with Crippen molar-refractivity contribution in [2.45, 2.75) is 56.8 Å². The van der Waals surface area contributed by atoms with Gasteiger partial charge in [-0.05, 0) is 54.8 Å². The summed E-state index contributed by atoms with van der Waals surface area (Å²) >= 11 is 6.37. The molecule has 0 saturated carbocycles. The van der Waals surface area contributed by atoms with Gasteiger partial charge >= 0.3 is 6.18 Å². The average Bonchev–Trinajstić information content (AvgIpc) is 3.06. The van der Waals surface area contributed by atoms with Crippen LogP contribution in [0.15, 0.2) is 108 Å². The monoisotopic (exact) mass is 699 g/mol. The number of nitrogens with one attached hydrogen (secondary N) is 1. The van der Waals surface area contributed by atoms with Gasteiger partial charge in [0.25, 0.3) is 10.0 Å². The number of unbranched alkanes of at least 4 members (excludes halogenated alkanes) is 1. The van der Waals surface area contributed by atoms with Crippen molar-refractivity contribution in [2.75, 3.05) is 17.4 Å². The number of sulfonamides is 1. The molecular weight excluding hydrogens is 663 g/mol. The van der Waals surface area contributed by atoms with Gasteiger partial charge in [0.1, 0.15) is 12.6 Å². The second-order valence-electron chi connectivity index (χ2n) is 11.3. The van der Waals surface area contributed by atoms with Crippen molar-refractivity contribution in [1.82, 2.24) is 10.2 Å².